The van der Waals surface area contributed by atoms with E-state index in [4.69, 9.17) is 44.9 Å². The van der Waals surface area contributed by atoms with Gasteiger partial charge in [0.05, 0.1) is 24.9 Å². The monoisotopic (exact) mass is 410 g/mol. The molecule has 0 heterocycles. The average Bonchev–Trinajstić information content (AvgIpc) is 2.62. The molecule has 0 radical (unpaired) electrons. The summed E-state index contributed by atoms with van der Waals surface area (Å²) in [6, 6.07) is 10.2. The van der Waals surface area contributed by atoms with E-state index in [-0.39, 0.29) is 5.11 Å². The van der Waals surface area contributed by atoms with Gasteiger partial charge >= 0.3 is 0 Å². The fraction of sp³-hybridized carbons (Fsp3) is 0.111. The summed E-state index contributed by atoms with van der Waals surface area (Å²) in [5, 5.41) is 6.40. The highest BCUT2D eigenvalue weighted by molar-refractivity contribution is 7.80. The maximum atomic E-state index is 12.0. The molecule has 0 aromatic heterocycles. The lowest BCUT2D eigenvalue weighted by Gasteiger charge is -2.10. The zero-order chi connectivity index (χ0) is 19.1. The fourth-order valence-electron chi connectivity index (χ4n) is 2.03. The first-order valence-electron chi connectivity index (χ1n) is 7.40. The summed E-state index contributed by atoms with van der Waals surface area (Å²) in [5.74, 6) is 0.788. The normalized spacial score (nSPS) is 10.5. The molecule has 0 saturated heterocycles. The zero-order valence-corrected chi connectivity index (χ0v) is 16.3. The van der Waals surface area contributed by atoms with E-state index in [0.717, 1.165) is 5.56 Å². The van der Waals surface area contributed by atoms with Crippen molar-refractivity contribution < 1.29 is 14.3 Å². The number of carbonyl (C=O) groups excluding carboxylic acids is 1. The van der Waals surface area contributed by atoms with Gasteiger partial charge in [-0.25, -0.2) is 0 Å². The van der Waals surface area contributed by atoms with E-state index in [1.807, 2.05) is 0 Å². The number of hydrogen-bond donors (Lipinski definition) is 2. The molecule has 0 spiro atoms. The summed E-state index contributed by atoms with van der Waals surface area (Å²) in [6.07, 6.45) is 2.99. The van der Waals surface area contributed by atoms with Gasteiger partial charge < -0.3 is 14.8 Å². The maximum Gasteiger partial charge on any atom is 0.250 e. The van der Waals surface area contributed by atoms with E-state index in [0.29, 0.717) is 27.2 Å². The second-order valence-corrected chi connectivity index (χ2v) is 6.27. The lowest BCUT2D eigenvalue weighted by Crippen LogP contribution is -2.32. The summed E-state index contributed by atoms with van der Waals surface area (Å²) in [7, 11) is 3.10. The molecule has 2 N–H and O–H groups in total. The van der Waals surface area contributed by atoms with E-state index < -0.39 is 5.91 Å². The lowest BCUT2D eigenvalue weighted by molar-refractivity contribution is -0.115. The minimum absolute atomic E-state index is 0.108. The average molecular weight is 411 g/mol. The zero-order valence-electron chi connectivity index (χ0n) is 14.0. The minimum atomic E-state index is -0.393. The Labute approximate surface area is 166 Å². The van der Waals surface area contributed by atoms with E-state index in [1.165, 1.54) is 6.08 Å². The van der Waals surface area contributed by atoms with Crippen molar-refractivity contribution >= 4 is 58.2 Å². The number of thiocarbonyl (C=S) groups is 1. The molecule has 0 unspecified atom stereocenters. The van der Waals surface area contributed by atoms with Crippen LogP contribution in [0.1, 0.15) is 5.56 Å². The SMILES string of the molecule is COc1ccc(C=CC(=O)NC(=S)Nc2cc(Cl)ccc2Cl)cc1OC. The topological polar surface area (TPSA) is 59.6 Å². The summed E-state index contributed by atoms with van der Waals surface area (Å²) < 4.78 is 10.4. The molecule has 0 aliphatic rings. The Kier molecular flexibility index (Phi) is 7.26. The lowest BCUT2D eigenvalue weighted by atomic mass is 10.2. The van der Waals surface area contributed by atoms with Crippen LogP contribution in [-0.2, 0) is 4.79 Å². The molecule has 0 bridgehead atoms. The van der Waals surface area contributed by atoms with Crippen LogP contribution in [0.4, 0.5) is 5.69 Å². The summed E-state index contributed by atoms with van der Waals surface area (Å²) in [6.45, 7) is 0. The number of benzene rings is 2. The Morgan fingerprint density at radius 3 is 2.50 bits per heavy atom. The van der Waals surface area contributed by atoms with Gasteiger partial charge in [-0.05, 0) is 54.2 Å². The largest absolute Gasteiger partial charge is 0.493 e. The highest BCUT2D eigenvalue weighted by Gasteiger charge is 2.06. The number of nitrogens with one attached hydrogen (secondary N) is 2. The smallest absolute Gasteiger partial charge is 0.250 e. The third-order valence-electron chi connectivity index (χ3n) is 3.25. The summed E-state index contributed by atoms with van der Waals surface area (Å²) in [5.41, 5.74) is 1.28. The van der Waals surface area contributed by atoms with Gasteiger partial charge in [0.15, 0.2) is 16.6 Å². The first kappa shape index (κ1) is 20.0. The van der Waals surface area contributed by atoms with Gasteiger partial charge in [0, 0.05) is 11.1 Å². The third kappa shape index (κ3) is 5.62. The molecular weight excluding hydrogens is 395 g/mol. The quantitative estimate of drug-likeness (QED) is 0.559. The molecule has 0 atom stereocenters. The molecule has 26 heavy (non-hydrogen) atoms. The Balaban J connectivity index is 1.98. The van der Waals surface area contributed by atoms with Crippen molar-refractivity contribution in [1.82, 2.24) is 5.32 Å². The second kappa shape index (κ2) is 9.43. The number of ether oxygens (including phenoxy) is 2. The van der Waals surface area contributed by atoms with Crippen molar-refractivity contribution in [3.8, 4) is 11.5 Å². The van der Waals surface area contributed by atoms with Crippen LogP contribution in [0.5, 0.6) is 11.5 Å². The molecule has 2 rings (SSSR count). The third-order valence-corrected chi connectivity index (χ3v) is 4.02. The van der Waals surface area contributed by atoms with Crippen LogP contribution in [-0.4, -0.2) is 25.2 Å². The van der Waals surface area contributed by atoms with Crippen molar-refractivity contribution in [2.45, 2.75) is 0 Å². The van der Waals surface area contributed by atoms with Crippen molar-refractivity contribution in [1.29, 1.82) is 0 Å². The predicted octanol–water partition coefficient (Wildman–Crippen LogP) is 4.54. The van der Waals surface area contributed by atoms with Crippen molar-refractivity contribution in [3.05, 3.63) is 58.1 Å². The summed E-state index contributed by atoms with van der Waals surface area (Å²) in [4.78, 5) is 12.0. The second-order valence-electron chi connectivity index (χ2n) is 5.02. The number of amides is 1. The van der Waals surface area contributed by atoms with Crippen LogP contribution in [0.2, 0.25) is 10.0 Å². The van der Waals surface area contributed by atoms with Gasteiger partial charge in [-0.2, -0.15) is 0 Å². The van der Waals surface area contributed by atoms with Crippen LogP contribution >= 0.6 is 35.4 Å². The van der Waals surface area contributed by atoms with Crippen LogP contribution in [0.25, 0.3) is 6.08 Å². The predicted molar refractivity (Wildman–Crippen MR) is 109 cm³/mol. The van der Waals surface area contributed by atoms with Gasteiger partial charge in [-0.15, -0.1) is 0 Å². The first-order valence-corrected chi connectivity index (χ1v) is 8.56. The van der Waals surface area contributed by atoms with Crippen molar-refractivity contribution in [2.75, 3.05) is 19.5 Å². The van der Waals surface area contributed by atoms with Gasteiger partial charge in [-0.3, -0.25) is 10.1 Å². The first-order chi connectivity index (χ1) is 12.4. The molecule has 0 saturated carbocycles. The van der Waals surface area contributed by atoms with Gasteiger partial charge in [0.1, 0.15) is 0 Å². The minimum Gasteiger partial charge on any atom is -0.493 e. The fourth-order valence-corrected chi connectivity index (χ4v) is 2.58. The standard InChI is InChI=1S/C18H16Cl2N2O3S/c1-24-15-7-3-11(9-16(15)25-2)4-8-17(23)22-18(26)21-14-10-12(19)5-6-13(14)20/h3-10H,1-2H3,(H2,21,22,23,26). The van der Waals surface area contributed by atoms with Crippen molar-refractivity contribution in [2.24, 2.45) is 0 Å². The molecule has 0 aliphatic carbocycles. The molecule has 2 aromatic carbocycles. The van der Waals surface area contributed by atoms with Gasteiger partial charge in [-0.1, -0.05) is 29.3 Å². The molecule has 5 nitrogen and oxygen atoms in total. The number of rotatable bonds is 5. The molecular formula is C18H16Cl2N2O3S. The molecule has 0 aliphatic heterocycles. The Morgan fingerprint density at radius 2 is 1.81 bits per heavy atom. The highest BCUT2D eigenvalue weighted by atomic mass is 35.5. The van der Waals surface area contributed by atoms with Gasteiger partial charge in [0.25, 0.3) is 0 Å². The number of halogens is 2. The van der Waals surface area contributed by atoms with Crippen LogP contribution in [0.15, 0.2) is 42.5 Å². The van der Waals surface area contributed by atoms with E-state index >= 15 is 0 Å². The van der Waals surface area contributed by atoms with E-state index in [2.05, 4.69) is 10.6 Å². The van der Waals surface area contributed by atoms with Crippen LogP contribution in [0.3, 0.4) is 0 Å². The van der Waals surface area contributed by atoms with Crippen LogP contribution in [0, 0.1) is 0 Å². The van der Waals surface area contributed by atoms with E-state index in [1.54, 1.807) is 56.7 Å². The number of methoxy groups -OCH3 is 2. The number of hydrogen-bond acceptors (Lipinski definition) is 4. The molecule has 8 heteroatoms. The molecule has 136 valence electrons. The number of anilines is 1. The molecule has 2 aromatic rings. The van der Waals surface area contributed by atoms with Gasteiger partial charge in [0.2, 0.25) is 5.91 Å². The highest BCUT2D eigenvalue weighted by Crippen LogP contribution is 2.28. The Hall–Kier alpha value is -2.28. The maximum absolute atomic E-state index is 12.0. The molecule has 1 amide bonds. The number of carbonyl (C=O) groups is 1. The summed E-state index contributed by atoms with van der Waals surface area (Å²) >= 11 is 17.1. The van der Waals surface area contributed by atoms with E-state index in [9.17, 15) is 4.79 Å². The Bertz CT molecular complexity index is 856. The van der Waals surface area contributed by atoms with Crippen molar-refractivity contribution in [3.63, 3.8) is 0 Å². The Morgan fingerprint density at radius 1 is 1.08 bits per heavy atom. The molecule has 0 fully saturated rings. The van der Waals surface area contributed by atoms with Crippen LogP contribution < -0.4 is 20.1 Å².